The average Bonchev–Trinajstić information content (AvgIpc) is 3.65. The van der Waals surface area contributed by atoms with Crippen LogP contribution in [-0.4, -0.2) is 35.3 Å². The number of imidazole rings is 1. The molecule has 3 N–H and O–H groups in total. The highest BCUT2D eigenvalue weighted by Crippen LogP contribution is 2.33. The maximum absolute atomic E-state index is 12.4. The van der Waals surface area contributed by atoms with Gasteiger partial charge in [-0.15, -0.1) is 12.8 Å². The number of fused-ring (bicyclic) bond motifs is 1. The van der Waals surface area contributed by atoms with E-state index in [-0.39, 0.29) is 5.91 Å². The number of carbonyl (C=O) groups excluding carboxylic acids is 2. The van der Waals surface area contributed by atoms with Crippen LogP contribution in [0.3, 0.4) is 0 Å². The molecular weight excluding hydrogens is 460 g/mol. The molecule has 0 saturated heterocycles. The van der Waals surface area contributed by atoms with Crippen LogP contribution in [0.1, 0.15) is 52.5 Å². The van der Waals surface area contributed by atoms with E-state index >= 15 is 0 Å². The molecule has 37 heavy (non-hydrogen) atoms. The molecule has 1 atom stereocenters. The fourth-order valence-corrected chi connectivity index (χ4v) is 3.83. The molecule has 1 unspecified atom stereocenters. The Morgan fingerprint density at radius 1 is 1.08 bits per heavy atom. The van der Waals surface area contributed by atoms with E-state index < -0.39 is 0 Å². The van der Waals surface area contributed by atoms with Gasteiger partial charge in [0.2, 0.25) is 0 Å². The van der Waals surface area contributed by atoms with Crippen molar-refractivity contribution in [3.8, 4) is 24.2 Å². The summed E-state index contributed by atoms with van der Waals surface area (Å²) < 4.78 is 0. The van der Waals surface area contributed by atoms with Crippen LogP contribution in [-0.2, 0) is 0 Å². The standard InChI is InChI=1S/C22H17N3O2.C7H15N.C2H2/c1-14-2-9-18(10-3-14)23-22(27)17-7-5-16(6-8-17)21-24-19-11-4-15(13-26)12-20(19)25-21;1-6(8-2)5-7-3-4-7;1-2/h2-13H,1H3,(H,23,27)(H,24,25);6-8H,3-5H2,1-2H3;1-2H. The van der Waals surface area contributed by atoms with E-state index in [9.17, 15) is 9.59 Å². The van der Waals surface area contributed by atoms with Gasteiger partial charge in [0.1, 0.15) is 12.1 Å². The van der Waals surface area contributed by atoms with Crippen LogP contribution in [0.5, 0.6) is 0 Å². The maximum Gasteiger partial charge on any atom is 0.255 e. The summed E-state index contributed by atoms with van der Waals surface area (Å²) in [6.07, 6.45) is 13.1. The van der Waals surface area contributed by atoms with Crippen molar-refractivity contribution in [1.82, 2.24) is 15.3 Å². The number of aromatic nitrogens is 2. The summed E-state index contributed by atoms with van der Waals surface area (Å²) in [5, 5.41) is 6.12. The molecule has 4 aromatic rings. The van der Waals surface area contributed by atoms with Crippen LogP contribution in [0.15, 0.2) is 66.7 Å². The molecule has 1 aromatic heterocycles. The van der Waals surface area contributed by atoms with Gasteiger partial charge in [0.05, 0.1) is 11.0 Å². The van der Waals surface area contributed by atoms with Gasteiger partial charge in [-0.3, -0.25) is 9.59 Å². The van der Waals surface area contributed by atoms with Gasteiger partial charge in [-0.05, 0) is 75.7 Å². The largest absolute Gasteiger partial charge is 0.338 e. The molecule has 0 radical (unpaired) electrons. The summed E-state index contributed by atoms with van der Waals surface area (Å²) in [5.74, 6) is 1.60. The molecule has 0 aliphatic heterocycles. The molecule has 1 fully saturated rings. The molecule has 1 aliphatic rings. The number of H-pyrrole nitrogens is 1. The Balaban J connectivity index is 0.000000322. The quantitative estimate of drug-likeness (QED) is 0.209. The van der Waals surface area contributed by atoms with Gasteiger partial charge in [0.15, 0.2) is 0 Å². The minimum atomic E-state index is -0.161. The summed E-state index contributed by atoms with van der Waals surface area (Å²) >= 11 is 0. The van der Waals surface area contributed by atoms with Gasteiger partial charge in [-0.1, -0.05) is 42.7 Å². The van der Waals surface area contributed by atoms with Gasteiger partial charge in [-0.25, -0.2) is 4.98 Å². The zero-order valence-electron chi connectivity index (χ0n) is 21.6. The van der Waals surface area contributed by atoms with Crippen molar-refractivity contribution >= 4 is 28.9 Å². The number of terminal acetylenes is 1. The van der Waals surface area contributed by atoms with Crippen molar-refractivity contribution in [2.45, 2.75) is 39.2 Å². The Labute approximate surface area is 218 Å². The number of amides is 1. The molecule has 1 amide bonds. The van der Waals surface area contributed by atoms with Crippen LogP contribution < -0.4 is 10.6 Å². The molecule has 1 aliphatic carbocycles. The molecular formula is C31H34N4O2. The van der Waals surface area contributed by atoms with E-state index in [0.29, 0.717) is 17.0 Å². The Morgan fingerprint density at radius 3 is 2.35 bits per heavy atom. The third kappa shape index (κ3) is 7.89. The van der Waals surface area contributed by atoms with Crippen molar-refractivity contribution in [2.75, 3.05) is 12.4 Å². The summed E-state index contributed by atoms with van der Waals surface area (Å²) in [6, 6.07) is 20.9. The minimum absolute atomic E-state index is 0.161. The van der Waals surface area contributed by atoms with Crippen LogP contribution in [0, 0.1) is 25.7 Å². The van der Waals surface area contributed by atoms with Crippen molar-refractivity contribution in [2.24, 2.45) is 5.92 Å². The van der Waals surface area contributed by atoms with Crippen LogP contribution in [0.25, 0.3) is 22.4 Å². The highest BCUT2D eigenvalue weighted by atomic mass is 16.1. The SMILES string of the molecule is C#C.CNC(C)CC1CC1.Cc1ccc(NC(=O)c2ccc(-c3nc4ccc(C=O)cc4[nH]3)cc2)cc1. The van der Waals surface area contributed by atoms with E-state index in [4.69, 9.17) is 0 Å². The lowest BCUT2D eigenvalue weighted by Crippen LogP contribution is -2.21. The lowest BCUT2D eigenvalue weighted by atomic mass is 10.1. The molecule has 1 saturated carbocycles. The van der Waals surface area contributed by atoms with Crippen LogP contribution >= 0.6 is 0 Å². The molecule has 6 heteroatoms. The Bertz CT molecular complexity index is 1330. The number of hydrogen-bond acceptors (Lipinski definition) is 4. The van der Waals surface area contributed by atoms with Gasteiger partial charge in [0.25, 0.3) is 5.91 Å². The maximum atomic E-state index is 12.4. The first-order chi connectivity index (χ1) is 17.9. The number of benzene rings is 3. The molecule has 3 aromatic carbocycles. The van der Waals surface area contributed by atoms with E-state index in [1.54, 1.807) is 24.3 Å². The molecule has 0 bridgehead atoms. The first-order valence-electron chi connectivity index (χ1n) is 12.4. The topological polar surface area (TPSA) is 86.9 Å². The third-order valence-electron chi connectivity index (χ3n) is 6.25. The predicted octanol–water partition coefficient (Wildman–Crippen LogP) is 6.25. The minimum Gasteiger partial charge on any atom is -0.338 e. The van der Waals surface area contributed by atoms with Crippen LogP contribution in [0.2, 0.25) is 0 Å². The van der Waals surface area contributed by atoms with Crippen molar-refractivity contribution < 1.29 is 9.59 Å². The number of aryl methyl sites for hydroxylation is 1. The number of hydrogen-bond donors (Lipinski definition) is 3. The first-order valence-corrected chi connectivity index (χ1v) is 12.4. The number of nitrogens with zero attached hydrogens (tertiary/aromatic N) is 1. The number of nitrogens with one attached hydrogen (secondary N) is 3. The normalized spacial score (nSPS) is 12.9. The molecule has 1 heterocycles. The lowest BCUT2D eigenvalue weighted by Gasteiger charge is -2.06. The predicted molar refractivity (Wildman–Crippen MR) is 152 cm³/mol. The molecule has 0 spiro atoms. The summed E-state index contributed by atoms with van der Waals surface area (Å²) in [6.45, 7) is 4.25. The Morgan fingerprint density at radius 2 is 1.76 bits per heavy atom. The zero-order chi connectivity index (χ0) is 26.8. The average molecular weight is 495 g/mol. The molecule has 190 valence electrons. The lowest BCUT2D eigenvalue weighted by molar-refractivity contribution is 0.102. The monoisotopic (exact) mass is 494 g/mol. The smallest absolute Gasteiger partial charge is 0.255 e. The zero-order valence-corrected chi connectivity index (χ0v) is 21.6. The summed E-state index contributed by atoms with van der Waals surface area (Å²) in [4.78, 5) is 31.0. The van der Waals surface area contributed by atoms with Gasteiger partial charge >= 0.3 is 0 Å². The van der Waals surface area contributed by atoms with Crippen molar-refractivity contribution in [1.29, 1.82) is 0 Å². The Kier molecular flexibility index (Phi) is 9.76. The second kappa shape index (κ2) is 13.2. The van der Waals surface area contributed by atoms with Crippen molar-refractivity contribution in [3.05, 3.63) is 83.4 Å². The van der Waals surface area contributed by atoms with Gasteiger partial charge in [-0.2, -0.15) is 0 Å². The van der Waals surface area contributed by atoms with E-state index in [1.165, 1.54) is 19.3 Å². The van der Waals surface area contributed by atoms with Crippen LogP contribution in [0.4, 0.5) is 5.69 Å². The number of carbonyl (C=O) groups is 2. The summed E-state index contributed by atoms with van der Waals surface area (Å²) in [7, 11) is 2.03. The number of aldehydes is 1. The van der Waals surface area contributed by atoms with E-state index in [1.807, 2.05) is 56.4 Å². The fourth-order valence-electron chi connectivity index (χ4n) is 3.83. The molecule has 5 rings (SSSR count). The first kappa shape index (κ1) is 27.4. The molecule has 6 nitrogen and oxygen atoms in total. The van der Waals surface area contributed by atoms with E-state index in [0.717, 1.165) is 46.1 Å². The fraction of sp³-hybridized carbons (Fsp3) is 0.258. The second-order valence-corrected chi connectivity index (χ2v) is 9.25. The highest BCUT2D eigenvalue weighted by molar-refractivity contribution is 6.04. The number of anilines is 1. The van der Waals surface area contributed by atoms with Gasteiger partial charge in [0, 0.05) is 28.4 Å². The van der Waals surface area contributed by atoms with Crippen molar-refractivity contribution in [3.63, 3.8) is 0 Å². The van der Waals surface area contributed by atoms with E-state index in [2.05, 4.69) is 40.4 Å². The second-order valence-electron chi connectivity index (χ2n) is 9.25. The third-order valence-corrected chi connectivity index (χ3v) is 6.25. The number of rotatable bonds is 7. The summed E-state index contributed by atoms with van der Waals surface area (Å²) in [5.41, 5.74) is 5.53. The highest BCUT2D eigenvalue weighted by Gasteiger charge is 2.22. The number of aromatic amines is 1. The van der Waals surface area contributed by atoms with Gasteiger partial charge < -0.3 is 15.6 Å². The Hall–Kier alpha value is -4.21.